The molecule has 2 nitrogen and oxygen atoms in total. The highest BCUT2D eigenvalue weighted by Gasteiger charge is 2.37. The maximum atomic E-state index is 2.47. The molecule has 0 saturated heterocycles. The first-order valence-electron chi connectivity index (χ1n) is 27.8. The summed E-state index contributed by atoms with van der Waals surface area (Å²) < 4.78 is 2.58. The highest BCUT2D eigenvalue weighted by Crippen LogP contribution is 2.55. The van der Waals surface area contributed by atoms with E-state index in [-0.39, 0.29) is 10.8 Å². The molecule has 4 heteroatoms. The van der Waals surface area contributed by atoms with Crippen molar-refractivity contribution in [3.05, 3.63) is 277 Å². The Labute approximate surface area is 475 Å². The Hall–Kier alpha value is -8.93. The van der Waals surface area contributed by atoms with Gasteiger partial charge in [-0.15, -0.1) is 11.3 Å². The molecule has 12 aromatic carbocycles. The highest BCUT2D eigenvalue weighted by atomic mass is 32.2. The molecule has 380 valence electrons. The van der Waals surface area contributed by atoms with Crippen molar-refractivity contribution in [2.24, 2.45) is 0 Å². The Balaban J connectivity index is 0.741. The first-order valence-corrected chi connectivity index (χ1v) is 29.4. The van der Waals surface area contributed by atoms with Crippen LogP contribution in [0, 0.1) is 0 Å². The molecule has 3 aliphatic rings. The fourth-order valence-corrected chi connectivity index (χ4v) is 16.0. The first-order chi connectivity index (χ1) is 39.2. The predicted molar refractivity (Wildman–Crippen MR) is 342 cm³/mol. The van der Waals surface area contributed by atoms with Crippen LogP contribution in [0.15, 0.2) is 265 Å². The number of para-hydroxylation sites is 2. The van der Waals surface area contributed by atoms with Gasteiger partial charge in [-0.25, -0.2) is 0 Å². The van der Waals surface area contributed by atoms with E-state index in [2.05, 4.69) is 292 Å². The number of nitrogens with zero attached hydrogens (tertiary/aromatic N) is 2. The Kier molecular flexibility index (Phi) is 10.5. The van der Waals surface area contributed by atoms with Crippen molar-refractivity contribution in [1.82, 2.24) is 0 Å². The van der Waals surface area contributed by atoms with Gasteiger partial charge in [0.25, 0.3) is 0 Å². The molecule has 80 heavy (non-hydrogen) atoms. The van der Waals surface area contributed by atoms with Crippen LogP contribution in [0.1, 0.15) is 49.9 Å². The van der Waals surface area contributed by atoms with Gasteiger partial charge in [0.05, 0.1) is 0 Å². The second-order valence-electron chi connectivity index (χ2n) is 22.8. The number of hydrogen-bond acceptors (Lipinski definition) is 4. The van der Waals surface area contributed by atoms with E-state index < -0.39 is 0 Å². The molecule has 1 aliphatic heterocycles. The molecule has 0 saturated carbocycles. The van der Waals surface area contributed by atoms with Crippen LogP contribution in [-0.2, 0) is 10.8 Å². The molecule has 1 aromatic heterocycles. The van der Waals surface area contributed by atoms with Crippen LogP contribution < -0.4 is 9.80 Å². The van der Waals surface area contributed by atoms with Crippen molar-refractivity contribution in [2.75, 3.05) is 9.80 Å². The van der Waals surface area contributed by atoms with E-state index in [4.69, 9.17) is 0 Å². The molecule has 0 radical (unpaired) electrons. The molecule has 0 fully saturated rings. The van der Waals surface area contributed by atoms with E-state index in [9.17, 15) is 0 Å². The smallest absolute Gasteiger partial charge is 0.0476 e. The van der Waals surface area contributed by atoms with Gasteiger partial charge in [-0.3, -0.25) is 0 Å². The van der Waals surface area contributed by atoms with E-state index in [0.29, 0.717) is 0 Å². The minimum Gasteiger partial charge on any atom is -0.310 e. The third-order valence-electron chi connectivity index (χ3n) is 17.6. The zero-order chi connectivity index (χ0) is 53.4. The number of fused-ring (bicyclic) bond motifs is 12. The number of anilines is 6. The first kappa shape index (κ1) is 47.1. The van der Waals surface area contributed by atoms with Crippen LogP contribution in [-0.4, -0.2) is 0 Å². The minimum absolute atomic E-state index is 0.0464. The van der Waals surface area contributed by atoms with Crippen molar-refractivity contribution in [3.63, 3.8) is 0 Å². The van der Waals surface area contributed by atoms with Gasteiger partial charge in [0.15, 0.2) is 0 Å². The lowest BCUT2D eigenvalue weighted by Gasteiger charge is -2.28. The minimum atomic E-state index is -0.0471. The second kappa shape index (κ2) is 17.8. The Morgan fingerprint density at radius 2 is 0.738 bits per heavy atom. The second-order valence-corrected chi connectivity index (χ2v) is 25.0. The average Bonchev–Trinajstić information content (AvgIpc) is 4.18. The third kappa shape index (κ3) is 7.18. The third-order valence-corrected chi connectivity index (χ3v) is 19.9. The normalized spacial score (nSPS) is 13.9. The molecular formula is C76H54N2S2. The van der Waals surface area contributed by atoms with Crippen molar-refractivity contribution in [3.8, 4) is 55.6 Å². The molecule has 0 bridgehead atoms. The van der Waals surface area contributed by atoms with Crippen molar-refractivity contribution in [2.45, 2.75) is 48.3 Å². The summed E-state index contributed by atoms with van der Waals surface area (Å²) in [6, 6.07) is 95.2. The van der Waals surface area contributed by atoms with Gasteiger partial charge >= 0.3 is 0 Å². The number of hydrogen-bond donors (Lipinski definition) is 0. The fourth-order valence-electron chi connectivity index (χ4n) is 13.6. The van der Waals surface area contributed by atoms with Gasteiger partial charge < -0.3 is 9.80 Å². The molecular weight excluding hydrogens is 1000 g/mol. The maximum absolute atomic E-state index is 2.47. The van der Waals surface area contributed by atoms with E-state index in [1.54, 1.807) is 0 Å². The molecule has 0 unspecified atom stereocenters. The Morgan fingerprint density at radius 1 is 0.275 bits per heavy atom. The van der Waals surface area contributed by atoms with Crippen LogP contribution in [0.2, 0.25) is 0 Å². The number of thiophene rings is 1. The van der Waals surface area contributed by atoms with Crippen LogP contribution in [0.5, 0.6) is 0 Å². The lowest BCUT2D eigenvalue weighted by Crippen LogP contribution is -2.14. The summed E-state index contributed by atoms with van der Waals surface area (Å²) in [7, 11) is 0. The molecule has 13 aromatic rings. The molecule has 0 spiro atoms. The van der Waals surface area contributed by atoms with Crippen LogP contribution in [0.25, 0.3) is 86.6 Å². The maximum Gasteiger partial charge on any atom is 0.0476 e. The largest absolute Gasteiger partial charge is 0.310 e. The van der Waals surface area contributed by atoms with Gasteiger partial charge in [-0.05, 0) is 180 Å². The van der Waals surface area contributed by atoms with Crippen LogP contribution in [0.4, 0.5) is 34.1 Å². The summed E-state index contributed by atoms with van der Waals surface area (Å²) in [5, 5.41) is 5.28. The number of rotatable bonds is 8. The quantitative estimate of drug-likeness (QED) is 0.150. The lowest BCUT2D eigenvalue weighted by molar-refractivity contribution is 0.660. The monoisotopic (exact) mass is 1060 g/mol. The van der Waals surface area contributed by atoms with Gasteiger partial charge in [0.2, 0.25) is 0 Å². The highest BCUT2D eigenvalue weighted by molar-refractivity contribution is 7.99. The summed E-state index contributed by atoms with van der Waals surface area (Å²) in [5.41, 5.74) is 25.2. The Bertz CT molecular complexity index is 4670. The molecule has 0 atom stereocenters. The van der Waals surface area contributed by atoms with E-state index in [1.807, 2.05) is 23.1 Å². The van der Waals surface area contributed by atoms with Crippen LogP contribution in [0.3, 0.4) is 0 Å². The van der Waals surface area contributed by atoms with E-state index >= 15 is 0 Å². The molecule has 0 amide bonds. The van der Waals surface area contributed by atoms with Crippen molar-refractivity contribution in [1.29, 1.82) is 0 Å². The van der Waals surface area contributed by atoms with Crippen LogP contribution >= 0.6 is 23.1 Å². The molecule has 2 heterocycles. The van der Waals surface area contributed by atoms with Gasteiger partial charge in [0, 0.05) is 80.3 Å². The predicted octanol–water partition coefficient (Wildman–Crippen LogP) is 22.2. The molecule has 2 aliphatic carbocycles. The van der Waals surface area contributed by atoms with Crippen molar-refractivity contribution >= 4 is 88.2 Å². The van der Waals surface area contributed by atoms with Gasteiger partial charge in [-0.2, -0.15) is 0 Å². The topological polar surface area (TPSA) is 6.48 Å². The summed E-state index contributed by atoms with van der Waals surface area (Å²) >= 11 is 3.79. The average molecular weight is 1060 g/mol. The number of benzene rings is 12. The van der Waals surface area contributed by atoms with Crippen molar-refractivity contribution < 1.29 is 0 Å². The summed E-state index contributed by atoms with van der Waals surface area (Å²) in [6.07, 6.45) is 0. The zero-order valence-corrected chi connectivity index (χ0v) is 46.6. The fraction of sp³-hybridized carbons (Fsp3) is 0.0789. The van der Waals surface area contributed by atoms with E-state index in [1.165, 1.54) is 119 Å². The standard InChI is InChI=1S/C76H54N2S2/c1-75(2)65-23-13-11-20-57(65)59-38-30-49(42-67(59)75)47-26-32-53(33-27-47)77(51-16-7-5-8-17-51)55-36-40-61-64-46-72-73(63-22-15-25-69(74(63)64)79-70(61)44-55)62-41-37-56(45-71(62)80-72)78(52-18-9-6-10-19-52)54-34-28-48(29-35-54)50-31-39-60-58-21-12-14-24-66(58)76(3,4)68(60)43-50/h5-46H,1-4H3. The lowest BCUT2D eigenvalue weighted by atomic mass is 9.81. The summed E-state index contributed by atoms with van der Waals surface area (Å²) in [6.45, 7) is 9.42. The summed E-state index contributed by atoms with van der Waals surface area (Å²) in [5.74, 6) is 0. The molecule has 16 rings (SSSR count). The summed E-state index contributed by atoms with van der Waals surface area (Å²) in [4.78, 5) is 7.36. The zero-order valence-electron chi connectivity index (χ0n) is 45.0. The Morgan fingerprint density at radius 3 is 1.31 bits per heavy atom. The molecule has 0 N–H and O–H groups in total. The van der Waals surface area contributed by atoms with E-state index in [0.717, 1.165) is 34.1 Å². The SMILES string of the molecule is CC1(C)c2ccccc2-c2ccc(-c3ccc(N(c4ccccc4)c4ccc5c(c4)Sc4cccc6c4c-5cc4sc5cc(N(c7ccccc7)c7ccc(-c8ccc9c(c8)C(C)(C)c8ccccc8-9)cc7)ccc5c46)cc3)cc21. The van der Waals surface area contributed by atoms with Gasteiger partial charge in [-0.1, -0.05) is 197 Å². The van der Waals surface area contributed by atoms with Gasteiger partial charge in [0.1, 0.15) is 0 Å².